The van der Waals surface area contributed by atoms with Crippen LogP contribution >= 0.6 is 0 Å². The number of rotatable bonds is 17. The normalized spacial score (nSPS) is 29.9. The number of carboxylic acids is 1. The molecule has 2 saturated heterocycles. The highest BCUT2D eigenvalue weighted by Gasteiger charge is 2.84. The Labute approximate surface area is 272 Å². The lowest BCUT2D eigenvalue weighted by Crippen LogP contribution is -2.72. The summed E-state index contributed by atoms with van der Waals surface area (Å²) in [5.74, 6) is -4.27. The smallest absolute Gasteiger partial charge is 0.395 e. The fourth-order valence-corrected chi connectivity index (χ4v) is 6.85. The molecule has 4 N–H and O–H groups in total. The highest BCUT2D eigenvalue weighted by molar-refractivity contribution is 5.85. The molecule has 0 aromatic heterocycles. The average molecular weight is 646 g/mol. The molecular weight excluding hydrogens is 592 g/mol. The Kier molecular flexibility index (Phi) is 12.8. The number of carbonyl (C=O) groups excluding carboxylic acids is 2. The Morgan fingerprint density at radius 1 is 1.15 bits per heavy atom. The fourth-order valence-electron chi connectivity index (χ4n) is 6.85. The van der Waals surface area contributed by atoms with Gasteiger partial charge >= 0.3 is 29.3 Å². The summed E-state index contributed by atoms with van der Waals surface area (Å²) >= 11 is 0. The van der Waals surface area contributed by atoms with E-state index in [-0.39, 0.29) is 31.1 Å². The summed E-state index contributed by atoms with van der Waals surface area (Å²) < 4.78 is 21.9. The van der Waals surface area contributed by atoms with E-state index in [4.69, 9.17) is 14.2 Å². The average Bonchev–Trinajstić information content (AvgIpc) is 3.22. The van der Waals surface area contributed by atoms with E-state index in [2.05, 4.69) is 25.2 Å². The van der Waals surface area contributed by atoms with Crippen molar-refractivity contribution in [3.05, 3.63) is 60.2 Å². The second-order valence-corrected chi connectivity index (χ2v) is 13.3. The minimum Gasteiger partial charge on any atom is -0.475 e. The van der Waals surface area contributed by atoms with Crippen molar-refractivity contribution in [1.29, 1.82) is 0 Å². The van der Waals surface area contributed by atoms with Gasteiger partial charge in [0.1, 0.15) is 6.10 Å². The molecule has 10 heteroatoms. The standard InChI is InChI=1S/C36H52O10/c1-8-18-34(42)22-43-35(19-17-25(5)30(44-27(7)37)26(6)21-28-13-11-10-12-14-28)31(39)32(36(34,46-35)33(40)41)45-29(38)16-15-24(4)20-23(3)9-2/h10-16,23-24,26,30-32,39,42H,5,8-9,17-22H2,1-4,6-7H3,(H,40,41)/p+1/b16-15+/t23-,24+,26+,30+,31+,32+,34?,35?,36?/m0/s1. The van der Waals surface area contributed by atoms with Gasteiger partial charge in [-0.15, -0.1) is 0 Å². The van der Waals surface area contributed by atoms with Crippen LogP contribution in [0.25, 0.3) is 0 Å². The van der Waals surface area contributed by atoms with Crippen molar-refractivity contribution < 1.29 is 48.7 Å². The predicted molar refractivity (Wildman–Crippen MR) is 173 cm³/mol. The maximum Gasteiger partial charge on any atom is 0.395 e. The molecule has 2 aliphatic rings. The third-order valence-electron chi connectivity index (χ3n) is 9.48. The number of aliphatic hydroxyl groups excluding tert-OH is 1. The molecule has 46 heavy (non-hydrogen) atoms. The van der Waals surface area contributed by atoms with Crippen molar-refractivity contribution in [3.63, 3.8) is 0 Å². The van der Waals surface area contributed by atoms with Crippen LogP contribution in [-0.2, 0) is 35.0 Å². The molecule has 9 atom stereocenters. The van der Waals surface area contributed by atoms with E-state index >= 15 is 0 Å². The van der Waals surface area contributed by atoms with E-state index in [9.17, 15) is 29.7 Å². The van der Waals surface area contributed by atoms with Crippen LogP contribution in [0.3, 0.4) is 0 Å². The van der Waals surface area contributed by atoms with Crippen LogP contribution in [0.4, 0.5) is 0 Å². The SMILES string of the molecule is C=C(CCC12OCC(O)(CCC)C(C(=O)O)([OH+]1)[C@H](OC(=O)/C=C/[C@@H](C)C[C@@H](C)CC)[C@H]2O)[C@@H](OC(C)=O)[C@H](C)Cc1ccccc1. The Bertz CT molecular complexity index is 1250. The third kappa shape index (κ3) is 8.08. The van der Waals surface area contributed by atoms with E-state index in [1.165, 1.54) is 13.0 Å². The van der Waals surface area contributed by atoms with Gasteiger partial charge in [0.05, 0.1) is 13.0 Å². The number of hydrogen-bond donors (Lipinski definition) is 3. The summed E-state index contributed by atoms with van der Waals surface area (Å²) in [6.07, 6.45) is 1.79. The number of aliphatic hydroxyl groups is 4. The zero-order chi connectivity index (χ0) is 34.3. The lowest BCUT2D eigenvalue weighted by molar-refractivity contribution is -0.432. The molecule has 3 rings (SSSR count). The van der Waals surface area contributed by atoms with Crippen molar-refractivity contribution >= 4 is 17.9 Å². The van der Waals surface area contributed by atoms with Gasteiger partial charge in [0.15, 0.2) is 5.60 Å². The van der Waals surface area contributed by atoms with E-state index in [0.717, 1.165) is 18.4 Å². The summed E-state index contributed by atoms with van der Waals surface area (Å²) in [6, 6.07) is 9.75. The van der Waals surface area contributed by atoms with Crippen LogP contribution in [0.5, 0.6) is 0 Å². The zero-order valence-electron chi connectivity index (χ0n) is 28.1. The first kappa shape index (κ1) is 37.4. The van der Waals surface area contributed by atoms with Gasteiger partial charge in [-0.3, -0.25) is 4.79 Å². The quantitative estimate of drug-likeness (QED) is 0.0951. The summed E-state index contributed by atoms with van der Waals surface area (Å²) in [6.45, 7) is 15.0. The van der Waals surface area contributed by atoms with Gasteiger partial charge < -0.3 is 34.3 Å². The second kappa shape index (κ2) is 15.7. The number of allylic oxidation sites excluding steroid dienone is 1. The number of ether oxygens (including phenoxy) is 4. The van der Waals surface area contributed by atoms with Gasteiger partial charge in [-0.25, -0.2) is 9.59 Å². The van der Waals surface area contributed by atoms with Gasteiger partial charge in [0.25, 0.3) is 0 Å². The summed E-state index contributed by atoms with van der Waals surface area (Å²) in [5.41, 5.74) is -2.82. The highest BCUT2D eigenvalue weighted by atomic mass is 16.8. The number of esters is 2. The molecule has 0 saturated carbocycles. The molecule has 0 spiro atoms. The summed E-state index contributed by atoms with van der Waals surface area (Å²) in [7, 11) is 0. The number of carboxylic acid groups (broad SMARTS) is 1. The number of fused-ring (bicyclic) bond motifs is 2. The van der Waals surface area contributed by atoms with E-state index in [1.54, 1.807) is 13.0 Å². The molecule has 3 unspecified atom stereocenters. The molecular formula is C36H53O10+. The minimum absolute atomic E-state index is 0.0142. The Morgan fingerprint density at radius 3 is 2.41 bits per heavy atom. The van der Waals surface area contributed by atoms with Crippen molar-refractivity contribution in [2.24, 2.45) is 17.8 Å². The number of benzene rings is 1. The van der Waals surface area contributed by atoms with E-state index < -0.39 is 59.8 Å². The maximum absolute atomic E-state index is 13.1. The van der Waals surface area contributed by atoms with Crippen LogP contribution in [0.2, 0.25) is 0 Å². The largest absolute Gasteiger partial charge is 0.475 e. The lowest BCUT2D eigenvalue weighted by atomic mass is 9.76. The lowest BCUT2D eigenvalue weighted by Gasteiger charge is -2.44. The zero-order valence-corrected chi connectivity index (χ0v) is 28.1. The fraction of sp³-hybridized carbons (Fsp3) is 0.639. The van der Waals surface area contributed by atoms with E-state index in [0.29, 0.717) is 24.3 Å². The van der Waals surface area contributed by atoms with Crippen LogP contribution in [-0.4, -0.2) is 79.9 Å². The molecule has 2 fully saturated rings. The second-order valence-electron chi connectivity index (χ2n) is 13.3. The first-order valence-corrected chi connectivity index (χ1v) is 16.4. The maximum atomic E-state index is 13.1. The molecule has 256 valence electrons. The first-order chi connectivity index (χ1) is 21.6. The Morgan fingerprint density at radius 2 is 1.83 bits per heavy atom. The molecule has 2 heterocycles. The number of aliphatic carboxylic acids is 1. The molecule has 2 aliphatic heterocycles. The molecule has 0 amide bonds. The van der Waals surface area contributed by atoms with Crippen molar-refractivity contribution in [1.82, 2.24) is 0 Å². The molecule has 2 bridgehead atoms. The van der Waals surface area contributed by atoms with Gasteiger partial charge in [-0.2, -0.15) is 0 Å². The van der Waals surface area contributed by atoms with Crippen molar-refractivity contribution in [2.45, 2.75) is 122 Å². The van der Waals surface area contributed by atoms with Crippen LogP contribution in [0.15, 0.2) is 54.6 Å². The van der Waals surface area contributed by atoms with Gasteiger partial charge in [0.2, 0.25) is 12.2 Å². The Balaban J connectivity index is 1.88. The van der Waals surface area contributed by atoms with Crippen LogP contribution in [0.1, 0.15) is 85.6 Å². The van der Waals surface area contributed by atoms with Gasteiger partial charge in [0, 0.05) is 18.9 Å². The first-order valence-electron chi connectivity index (χ1n) is 16.4. The number of carbonyl (C=O) groups is 3. The van der Waals surface area contributed by atoms with Crippen LogP contribution < -0.4 is 0 Å². The highest BCUT2D eigenvalue weighted by Crippen LogP contribution is 2.52. The minimum atomic E-state index is -2.37. The third-order valence-corrected chi connectivity index (χ3v) is 9.48. The summed E-state index contributed by atoms with van der Waals surface area (Å²) in [5, 5.41) is 34.0. The number of hydrogen-bond acceptors (Lipinski definition) is 8. The van der Waals surface area contributed by atoms with Gasteiger partial charge in [-0.1, -0.05) is 90.4 Å². The molecule has 10 nitrogen and oxygen atoms in total. The molecule has 0 radical (unpaired) electrons. The van der Waals surface area contributed by atoms with Crippen molar-refractivity contribution in [3.8, 4) is 0 Å². The van der Waals surface area contributed by atoms with Gasteiger partial charge in [-0.05, 0) is 48.7 Å². The van der Waals surface area contributed by atoms with E-state index in [1.807, 2.05) is 44.2 Å². The molecule has 1 aromatic carbocycles. The Hall–Kier alpha value is -3.05. The monoisotopic (exact) mass is 645 g/mol. The van der Waals surface area contributed by atoms with Crippen LogP contribution in [0, 0.1) is 17.8 Å². The van der Waals surface area contributed by atoms with Crippen molar-refractivity contribution in [2.75, 3.05) is 6.61 Å². The predicted octanol–water partition coefficient (Wildman–Crippen LogP) is 4.66. The summed E-state index contributed by atoms with van der Waals surface area (Å²) in [4.78, 5) is 38.2. The molecule has 0 aliphatic carbocycles. The molecule has 1 aromatic rings. The topological polar surface area (TPSA) is 152 Å².